The summed E-state index contributed by atoms with van der Waals surface area (Å²) in [6, 6.07) is 2.14. The van der Waals surface area contributed by atoms with Gasteiger partial charge in [-0.25, -0.2) is 9.97 Å². The number of aromatic nitrogens is 2. The molecule has 0 unspecified atom stereocenters. The summed E-state index contributed by atoms with van der Waals surface area (Å²) in [6.45, 7) is 0.892. The van der Waals surface area contributed by atoms with Crippen LogP contribution in [0.15, 0.2) is 18.5 Å². The van der Waals surface area contributed by atoms with Crippen LogP contribution >= 0.6 is 0 Å². The first-order valence-electron chi connectivity index (χ1n) is 5.71. The Balaban J connectivity index is 1.83. The van der Waals surface area contributed by atoms with Crippen molar-refractivity contribution in [3.63, 3.8) is 0 Å². The molecule has 6 heteroatoms. The molecule has 0 spiro atoms. The number of hydrogen-bond donors (Lipinski definition) is 2. The van der Waals surface area contributed by atoms with Gasteiger partial charge in [-0.2, -0.15) is 0 Å². The van der Waals surface area contributed by atoms with Gasteiger partial charge in [-0.05, 0) is 18.9 Å². The lowest BCUT2D eigenvalue weighted by atomic mass is 10.4. The highest BCUT2D eigenvalue weighted by molar-refractivity contribution is 5.90. The molecule has 1 aliphatic rings. The number of rotatable bonds is 6. The Morgan fingerprint density at radius 2 is 2.18 bits per heavy atom. The average Bonchev–Trinajstić information content (AvgIpc) is 3.13. The highest BCUT2D eigenvalue weighted by Crippen LogP contribution is 2.26. The van der Waals surface area contributed by atoms with Crippen LogP contribution in [-0.2, 0) is 4.79 Å². The van der Waals surface area contributed by atoms with Gasteiger partial charge >= 0.3 is 0 Å². The number of aliphatic hydroxyl groups is 1. The highest BCUT2D eigenvalue weighted by Gasteiger charge is 2.29. The van der Waals surface area contributed by atoms with Gasteiger partial charge in [0.05, 0.1) is 13.2 Å². The monoisotopic (exact) mass is 236 g/mol. The molecule has 0 atom stereocenters. The number of anilines is 1. The SMILES string of the molecule is O=C(CN(CCO)C1CC1)Nc1ncccn1. The van der Waals surface area contributed by atoms with Gasteiger partial charge < -0.3 is 5.11 Å². The van der Waals surface area contributed by atoms with Crippen molar-refractivity contribution in [1.82, 2.24) is 14.9 Å². The molecular weight excluding hydrogens is 220 g/mol. The summed E-state index contributed by atoms with van der Waals surface area (Å²) in [5.74, 6) is 0.175. The lowest BCUT2D eigenvalue weighted by molar-refractivity contribution is -0.117. The maximum Gasteiger partial charge on any atom is 0.240 e. The number of nitrogens with zero attached hydrogens (tertiary/aromatic N) is 3. The van der Waals surface area contributed by atoms with Crippen LogP contribution in [-0.4, -0.2) is 51.6 Å². The standard InChI is InChI=1S/C11H16N4O2/c16-7-6-15(9-2-3-9)8-10(17)14-11-12-4-1-5-13-11/h1,4-5,9,16H,2-3,6-8H2,(H,12,13,14,17). The zero-order valence-electron chi connectivity index (χ0n) is 9.54. The molecule has 1 aromatic rings. The molecule has 2 N–H and O–H groups in total. The van der Waals surface area contributed by atoms with Crippen molar-refractivity contribution in [3.8, 4) is 0 Å². The summed E-state index contributed by atoms with van der Waals surface area (Å²) in [7, 11) is 0. The van der Waals surface area contributed by atoms with Crippen molar-refractivity contribution in [1.29, 1.82) is 0 Å². The third kappa shape index (κ3) is 3.76. The molecule has 0 aliphatic heterocycles. The zero-order valence-corrected chi connectivity index (χ0v) is 9.54. The summed E-state index contributed by atoms with van der Waals surface area (Å²) in [6.07, 6.45) is 5.37. The van der Waals surface area contributed by atoms with Crippen molar-refractivity contribution in [3.05, 3.63) is 18.5 Å². The zero-order chi connectivity index (χ0) is 12.1. The molecule has 0 aromatic carbocycles. The van der Waals surface area contributed by atoms with Gasteiger partial charge in [0.1, 0.15) is 0 Å². The summed E-state index contributed by atoms with van der Waals surface area (Å²) >= 11 is 0. The van der Waals surface area contributed by atoms with Crippen LogP contribution in [0.5, 0.6) is 0 Å². The van der Waals surface area contributed by atoms with Gasteiger partial charge in [0.25, 0.3) is 0 Å². The summed E-state index contributed by atoms with van der Waals surface area (Å²) in [4.78, 5) is 21.5. The van der Waals surface area contributed by atoms with Crippen LogP contribution in [0.1, 0.15) is 12.8 Å². The maximum absolute atomic E-state index is 11.7. The van der Waals surface area contributed by atoms with Gasteiger partial charge in [0, 0.05) is 25.0 Å². The average molecular weight is 236 g/mol. The molecule has 0 saturated heterocycles. The van der Waals surface area contributed by atoms with Crippen LogP contribution in [0.3, 0.4) is 0 Å². The van der Waals surface area contributed by atoms with Crippen LogP contribution in [0.2, 0.25) is 0 Å². The minimum absolute atomic E-state index is 0.0750. The first-order chi connectivity index (χ1) is 8.29. The van der Waals surface area contributed by atoms with Crippen LogP contribution in [0, 0.1) is 0 Å². The highest BCUT2D eigenvalue weighted by atomic mass is 16.3. The molecule has 0 bridgehead atoms. The Labute approximate surface area is 99.7 Å². The van der Waals surface area contributed by atoms with Crippen molar-refractivity contribution in [2.45, 2.75) is 18.9 Å². The Morgan fingerprint density at radius 1 is 1.47 bits per heavy atom. The molecule has 1 aliphatic carbocycles. The number of nitrogens with one attached hydrogen (secondary N) is 1. The Morgan fingerprint density at radius 3 is 2.76 bits per heavy atom. The van der Waals surface area contributed by atoms with Crippen LogP contribution < -0.4 is 5.32 Å². The second-order valence-electron chi connectivity index (χ2n) is 4.05. The third-order valence-corrected chi connectivity index (χ3v) is 2.61. The number of hydrogen-bond acceptors (Lipinski definition) is 5. The molecule has 1 saturated carbocycles. The minimum Gasteiger partial charge on any atom is -0.395 e. The molecule has 0 radical (unpaired) electrons. The van der Waals surface area contributed by atoms with Crippen molar-refractivity contribution in [2.75, 3.05) is 25.0 Å². The Hall–Kier alpha value is -1.53. The van der Waals surface area contributed by atoms with Gasteiger partial charge in [0.2, 0.25) is 11.9 Å². The normalized spacial score (nSPS) is 14.9. The number of aliphatic hydroxyl groups excluding tert-OH is 1. The predicted octanol–water partition coefficient (Wildman–Crippen LogP) is -0.128. The van der Waals surface area contributed by atoms with Crippen molar-refractivity contribution in [2.24, 2.45) is 0 Å². The van der Waals surface area contributed by atoms with Crippen molar-refractivity contribution >= 4 is 11.9 Å². The fourth-order valence-electron chi connectivity index (χ4n) is 1.67. The van der Waals surface area contributed by atoms with E-state index in [2.05, 4.69) is 15.3 Å². The Bertz CT molecular complexity index is 367. The van der Waals surface area contributed by atoms with E-state index in [1.807, 2.05) is 4.90 Å². The number of carbonyl (C=O) groups excluding carboxylic acids is 1. The van der Waals surface area contributed by atoms with Gasteiger partial charge in [-0.1, -0.05) is 0 Å². The fraction of sp³-hybridized carbons (Fsp3) is 0.545. The molecule has 1 aromatic heterocycles. The number of amides is 1. The van der Waals surface area contributed by atoms with E-state index in [4.69, 9.17) is 5.11 Å². The second kappa shape index (κ2) is 5.70. The molecule has 17 heavy (non-hydrogen) atoms. The number of carbonyl (C=O) groups is 1. The molecular formula is C11H16N4O2. The van der Waals surface area contributed by atoms with Crippen LogP contribution in [0.25, 0.3) is 0 Å². The first kappa shape index (κ1) is 11.9. The van der Waals surface area contributed by atoms with Crippen LogP contribution in [0.4, 0.5) is 5.95 Å². The Kier molecular flexibility index (Phi) is 4.00. The van der Waals surface area contributed by atoms with Gasteiger partial charge in [0.15, 0.2) is 0 Å². The molecule has 2 rings (SSSR count). The lowest BCUT2D eigenvalue weighted by Gasteiger charge is -2.19. The van der Waals surface area contributed by atoms with E-state index in [0.29, 0.717) is 18.5 Å². The summed E-state index contributed by atoms with van der Waals surface area (Å²) in [5, 5.41) is 11.5. The largest absolute Gasteiger partial charge is 0.395 e. The van der Waals surface area contributed by atoms with E-state index in [-0.39, 0.29) is 19.1 Å². The second-order valence-corrected chi connectivity index (χ2v) is 4.05. The molecule has 1 amide bonds. The minimum atomic E-state index is -0.142. The fourth-order valence-corrected chi connectivity index (χ4v) is 1.67. The van der Waals surface area contributed by atoms with E-state index >= 15 is 0 Å². The first-order valence-corrected chi connectivity index (χ1v) is 5.71. The van der Waals surface area contributed by atoms with Crippen molar-refractivity contribution < 1.29 is 9.90 Å². The quantitative estimate of drug-likeness (QED) is 0.719. The summed E-state index contributed by atoms with van der Waals surface area (Å²) < 4.78 is 0. The van der Waals surface area contributed by atoms with E-state index in [1.54, 1.807) is 18.5 Å². The van der Waals surface area contributed by atoms with Gasteiger partial charge in [-0.3, -0.25) is 15.0 Å². The molecule has 1 heterocycles. The van der Waals surface area contributed by atoms with Gasteiger partial charge in [-0.15, -0.1) is 0 Å². The summed E-state index contributed by atoms with van der Waals surface area (Å²) in [5.41, 5.74) is 0. The maximum atomic E-state index is 11.7. The smallest absolute Gasteiger partial charge is 0.240 e. The van der Waals surface area contributed by atoms with E-state index < -0.39 is 0 Å². The topological polar surface area (TPSA) is 78.4 Å². The lowest BCUT2D eigenvalue weighted by Crippen LogP contribution is -2.37. The predicted molar refractivity (Wildman–Crippen MR) is 62.3 cm³/mol. The molecule has 6 nitrogen and oxygen atoms in total. The van der Waals surface area contributed by atoms with E-state index in [9.17, 15) is 4.79 Å². The van der Waals surface area contributed by atoms with E-state index in [1.165, 1.54) is 0 Å². The van der Waals surface area contributed by atoms with E-state index in [0.717, 1.165) is 12.8 Å². The third-order valence-electron chi connectivity index (χ3n) is 2.61. The molecule has 1 fully saturated rings. The molecule has 92 valence electrons.